The number of nitrogens with one attached hydrogen (secondary N) is 1. The Morgan fingerprint density at radius 1 is 1.55 bits per heavy atom. The van der Waals surface area contributed by atoms with Gasteiger partial charge in [-0.1, -0.05) is 6.07 Å². The Morgan fingerprint density at radius 2 is 2.27 bits per heavy atom. The second-order valence-electron chi connectivity index (χ2n) is 5.39. The van der Waals surface area contributed by atoms with E-state index in [0.29, 0.717) is 0 Å². The number of aliphatic hydroxyl groups is 2. The third-order valence-corrected chi connectivity index (χ3v) is 4.98. The summed E-state index contributed by atoms with van der Waals surface area (Å²) in [5.74, 6) is -0.466. The van der Waals surface area contributed by atoms with Gasteiger partial charge in [-0.25, -0.2) is 8.42 Å². The van der Waals surface area contributed by atoms with E-state index in [1.807, 2.05) is 0 Å². The molecule has 22 heavy (non-hydrogen) atoms. The topological polar surface area (TPSA) is 120 Å². The lowest BCUT2D eigenvalue weighted by Crippen LogP contribution is -2.60. The standard InChI is InChI=1S/C13H19N3O5S/c1-22(20,21)16-7-5-13(19,11(17)8-16)9-15-12(18)10-4-2-3-6-14-10/h2-4,6,11,17,19H,5,7-9H2,1H3,(H,15,18)/t11-,13-/m1/s1. The molecule has 0 spiro atoms. The maximum absolute atomic E-state index is 11.9. The Bertz CT molecular complexity index is 636. The largest absolute Gasteiger partial charge is 0.389 e. The lowest BCUT2D eigenvalue weighted by atomic mass is 9.89. The van der Waals surface area contributed by atoms with Crippen molar-refractivity contribution in [3.05, 3.63) is 30.1 Å². The van der Waals surface area contributed by atoms with Crippen molar-refractivity contribution in [2.45, 2.75) is 18.1 Å². The second-order valence-corrected chi connectivity index (χ2v) is 7.37. The second kappa shape index (κ2) is 6.29. The van der Waals surface area contributed by atoms with Crippen molar-refractivity contribution >= 4 is 15.9 Å². The minimum Gasteiger partial charge on any atom is -0.389 e. The quantitative estimate of drug-likeness (QED) is 0.623. The third-order valence-electron chi connectivity index (χ3n) is 3.71. The summed E-state index contributed by atoms with van der Waals surface area (Å²) in [6.07, 6.45) is 1.28. The average Bonchev–Trinajstić information content (AvgIpc) is 2.48. The Kier molecular flexibility index (Phi) is 4.81. The summed E-state index contributed by atoms with van der Waals surface area (Å²) in [6, 6.07) is 4.87. The third kappa shape index (κ3) is 3.80. The lowest BCUT2D eigenvalue weighted by Gasteiger charge is -2.41. The number of carbonyl (C=O) groups excluding carboxylic acids is 1. The smallest absolute Gasteiger partial charge is 0.269 e. The normalized spacial score (nSPS) is 26.6. The van der Waals surface area contributed by atoms with Crippen LogP contribution < -0.4 is 5.32 Å². The van der Waals surface area contributed by atoms with Crippen molar-refractivity contribution in [2.24, 2.45) is 0 Å². The van der Waals surface area contributed by atoms with Crippen LogP contribution in [0.4, 0.5) is 0 Å². The summed E-state index contributed by atoms with van der Waals surface area (Å²) in [6.45, 7) is -0.290. The number of aliphatic hydroxyl groups excluding tert-OH is 1. The number of hydrogen-bond acceptors (Lipinski definition) is 6. The van der Waals surface area contributed by atoms with Crippen molar-refractivity contribution < 1.29 is 23.4 Å². The number of aromatic nitrogens is 1. The van der Waals surface area contributed by atoms with Gasteiger partial charge in [-0.15, -0.1) is 0 Å². The van der Waals surface area contributed by atoms with Crippen molar-refractivity contribution in [3.63, 3.8) is 0 Å². The molecule has 1 aliphatic heterocycles. The molecule has 0 aromatic carbocycles. The Balaban J connectivity index is 1.97. The summed E-state index contributed by atoms with van der Waals surface area (Å²) < 4.78 is 24.0. The minimum atomic E-state index is -3.42. The van der Waals surface area contributed by atoms with Crippen LogP contribution in [0.3, 0.4) is 0 Å². The van der Waals surface area contributed by atoms with Gasteiger partial charge in [-0.05, 0) is 18.6 Å². The molecule has 1 saturated heterocycles. The van der Waals surface area contributed by atoms with Gasteiger partial charge in [0.25, 0.3) is 5.91 Å². The van der Waals surface area contributed by atoms with Crippen molar-refractivity contribution in [1.29, 1.82) is 0 Å². The monoisotopic (exact) mass is 329 g/mol. The van der Waals surface area contributed by atoms with E-state index in [4.69, 9.17) is 0 Å². The molecule has 2 heterocycles. The first-order valence-electron chi connectivity index (χ1n) is 6.77. The molecule has 1 fully saturated rings. The highest BCUT2D eigenvalue weighted by atomic mass is 32.2. The van der Waals surface area contributed by atoms with E-state index >= 15 is 0 Å². The van der Waals surface area contributed by atoms with Crippen LogP contribution in [0.15, 0.2) is 24.4 Å². The first-order valence-corrected chi connectivity index (χ1v) is 8.62. The van der Waals surface area contributed by atoms with Crippen LogP contribution >= 0.6 is 0 Å². The zero-order chi connectivity index (χ0) is 16.4. The summed E-state index contributed by atoms with van der Waals surface area (Å²) in [5, 5.41) is 22.9. The molecule has 0 radical (unpaired) electrons. The van der Waals surface area contributed by atoms with Gasteiger partial charge < -0.3 is 15.5 Å². The van der Waals surface area contributed by atoms with E-state index in [1.165, 1.54) is 12.3 Å². The van der Waals surface area contributed by atoms with E-state index < -0.39 is 27.6 Å². The highest BCUT2D eigenvalue weighted by Gasteiger charge is 2.43. The molecule has 8 nitrogen and oxygen atoms in total. The van der Waals surface area contributed by atoms with Crippen molar-refractivity contribution in [3.8, 4) is 0 Å². The predicted octanol–water partition coefficient (Wildman–Crippen LogP) is -1.43. The van der Waals surface area contributed by atoms with Crippen LogP contribution in [0.1, 0.15) is 16.9 Å². The number of amides is 1. The van der Waals surface area contributed by atoms with Gasteiger partial charge >= 0.3 is 0 Å². The molecule has 9 heteroatoms. The summed E-state index contributed by atoms with van der Waals surface area (Å²) in [7, 11) is -3.42. The van der Waals surface area contributed by atoms with Crippen LogP contribution in [0.25, 0.3) is 0 Å². The van der Waals surface area contributed by atoms with Gasteiger partial charge in [0.15, 0.2) is 0 Å². The molecule has 1 amide bonds. The molecule has 1 aromatic heterocycles. The molecular weight excluding hydrogens is 310 g/mol. The van der Waals surface area contributed by atoms with E-state index in [0.717, 1.165) is 10.6 Å². The number of hydrogen-bond donors (Lipinski definition) is 3. The van der Waals surface area contributed by atoms with Gasteiger partial charge in [0.05, 0.1) is 12.4 Å². The molecule has 2 rings (SSSR count). The van der Waals surface area contributed by atoms with Crippen LogP contribution in [0, 0.1) is 0 Å². The fourth-order valence-electron chi connectivity index (χ4n) is 2.27. The van der Waals surface area contributed by atoms with Crippen molar-refractivity contribution in [1.82, 2.24) is 14.6 Å². The minimum absolute atomic E-state index is 0.0315. The zero-order valence-electron chi connectivity index (χ0n) is 12.1. The first kappa shape index (κ1) is 16.8. The molecule has 2 atom stereocenters. The maximum atomic E-state index is 11.9. The van der Waals surface area contributed by atoms with Crippen LogP contribution in [0.5, 0.6) is 0 Å². The predicted molar refractivity (Wildman–Crippen MR) is 78.6 cm³/mol. The number of carbonyl (C=O) groups is 1. The fourth-order valence-corrected chi connectivity index (χ4v) is 3.10. The molecular formula is C13H19N3O5S. The van der Waals surface area contributed by atoms with Crippen molar-refractivity contribution in [2.75, 3.05) is 25.9 Å². The average molecular weight is 329 g/mol. The van der Waals surface area contributed by atoms with Crippen LogP contribution in [-0.2, 0) is 10.0 Å². The highest BCUT2D eigenvalue weighted by molar-refractivity contribution is 7.88. The van der Waals surface area contributed by atoms with Gasteiger partial charge in [0, 0.05) is 25.8 Å². The number of piperidine rings is 1. The number of nitrogens with zero attached hydrogens (tertiary/aromatic N) is 2. The molecule has 1 aliphatic rings. The van der Waals surface area contributed by atoms with Gasteiger partial charge in [0.2, 0.25) is 10.0 Å². The SMILES string of the molecule is CS(=O)(=O)N1CC[C@@](O)(CNC(=O)c2ccccn2)[C@H](O)C1. The Labute approximate surface area is 128 Å². The number of β-amino-alcohol motifs (C(OH)–C–C–N with tert-alkyl or cyclic N) is 1. The van der Waals surface area contributed by atoms with E-state index in [9.17, 15) is 23.4 Å². The lowest BCUT2D eigenvalue weighted by molar-refractivity contribution is -0.102. The summed E-state index contributed by atoms with van der Waals surface area (Å²) in [4.78, 5) is 15.8. The first-order chi connectivity index (χ1) is 10.2. The van der Waals surface area contributed by atoms with E-state index in [1.54, 1.807) is 12.1 Å². The summed E-state index contributed by atoms with van der Waals surface area (Å²) in [5.41, 5.74) is -1.36. The molecule has 0 saturated carbocycles. The van der Waals surface area contributed by atoms with Gasteiger partial charge in [-0.3, -0.25) is 9.78 Å². The Hall–Kier alpha value is -1.55. The molecule has 122 valence electrons. The number of pyridine rings is 1. The summed E-state index contributed by atoms with van der Waals surface area (Å²) >= 11 is 0. The van der Waals surface area contributed by atoms with Crippen LogP contribution in [-0.4, -0.2) is 71.4 Å². The highest BCUT2D eigenvalue weighted by Crippen LogP contribution is 2.23. The van der Waals surface area contributed by atoms with Gasteiger partial charge in [0.1, 0.15) is 11.3 Å². The molecule has 1 aromatic rings. The van der Waals surface area contributed by atoms with E-state index in [-0.39, 0.29) is 31.7 Å². The number of rotatable bonds is 4. The maximum Gasteiger partial charge on any atom is 0.269 e. The molecule has 0 bridgehead atoms. The Morgan fingerprint density at radius 3 is 2.82 bits per heavy atom. The van der Waals surface area contributed by atoms with Crippen LogP contribution in [0.2, 0.25) is 0 Å². The zero-order valence-corrected chi connectivity index (χ0v) is 13.0. The van der Waals surface area contributed by atoms with Gasteiger partial charge in [-0.2, -0.15) is 4.31 Å². The number of sulfonamides is 1. The molecule has 0 unspecified atom stereocenters. The molecule has 3 N–H and O–H groups in total. The fraction of sp³-hybridized carbons (Fsp3) is 0.538. The molecule has 0 aliphatic carbocycles. The van der Waals surface area contributed by atoms with E-state index in [2.05, 4.69) is 10.3 Å².